The second kappa shape index (κ2) is 10.1. The predicted molar refractivity (Wildman–Crippen MR) is 132 cm³/mol. The van der Waals surface area contributed by atoms with Crippen LogP contribution in [0, 0.1) is 0 Å². The van der Waals surface area contributed by atoms with Crippen LogP contribution in [-0.4, -0.2) is 38.4 Å². The van der Waals surface area contributed by atoms with Gasteiger partial charge in [0, 0.05) is 6.54 Å². The molecule has 0 unspecified atom stereocenters. The summed E-state index contributed by atoms with van der Waals surface area (Å²) in [6, 6.07) is 14.1. The van der Waals surface area contributed by atoms with E-state index in [1.165, 1.54) is 17.5 Å². The fourth-order valence-electron chi connectivity index (χ4n) is 3.74. The first-order valence-electron chi connectivity index (χ1n) is 11.3. The van der Waals surface area contributed by atoms with Crippen LogP contribution in [0.3, 0.4) is 0 Å². The number of anilines is 1. The van der Waals surface area contributed by atoms with Gasteiger partial charge in [-0.25, -0.2) is 9.97 Å². The third-order valence-electron chi connectivity index (χ3n) is 5.46. The number of nitrogen functional groups attached to an aromatic ring is 1. The summed E-state index contributed by atoms with van der Waals surface area (Å²) in [7, 11) is 0. The predicted octanol–water partition coefficient (Wildman–Crippen LogP) is 4.45. The van der Waals surface area contributed by atoms with Crippen LogP contribution in [0.25, 0.3) is 22.2 Å². The fraction of sp³-hybridized carbons (Fsp3) is 0.280. The van der Waals surface area contributed by atoms with Crippen LogP contribution in [0.1, 0.15) is 54.9 Å². The van der Waals surface area contributed by atoms with Crippen LogP contribution in [0.2, 0.25) is 0 Å². The number of nitrogens with zero attached hydrogens (tertiary/aromatic N) is 4. The molecule has 0 spiro atoms. The van der Waals surface area contributed by atoms with E-state index in [1.54, 1.807) is 30.5 Å². The quantitative estimate of drug-likeness (QED) is 0.260. The summed E-state index contributed by atoms with van der Waals surface area (Å²) in [6.45, 7) is 2.75. The van der Waals surface area contributed by atoms with Crippen molar-refractivity contribution in [1.29, 1.82) is 0 Å². The Labute approximate surface area is 192 Å². The highest BCUT2D eigenvalue weighted by Crippen LogP contribution is 2.28. The second-order valence-corrected chi connectivity index (χ2v) is 7.97. The van der Waals surface area contributed by atoms with Crippen LogP contribution < -0.4 is 11.1 Å². The van der Waals surface area contributed by atoms with Crippen LogP contribution in [0.15, 0.2) is 53.6 Å². The van der Waals surface area contributed by atoms with Gasteiger partial charge in [0.15, 0.2) is 5.65 Å². The van der Waals surface area contributed by atoms with E-state index >= 15 is 0 Å². The van der Waals surface area contributed by atoms with Crippen LogP contribution in [0.4, 0.5) is 5.82 Å². The summed E-state index contributed by atoms with van der Waals surface area (Å²) in [6.07, 6.45) is 7.09. The van der Waals surface area contributed by atoms with Crippen molar-refractivity contribution in [2.75, 3.05) is 12.3 Å². The molecule has 0 bridgehead atoms. The maximum Gasteiger partial charge on any atom is 0.257 e. The zero-order valence-electron chi connectivity index (χ0n) is 18.7. The molecule has 4 N–H and O–H groups in total. The largest absolute Gasteiger partial charge is 0.508 e. The van der Waals surface area contributed by atoms with Gasteiger partial charge in [0.1, 0.15) is 22.6 Å². The van der Waals surface area contributed by atoms with Gasteiger partial charge < -0.3 is 16.2 Å². The van der Waals surface area contributed by atoms with Crippen molar-refractivity contribution in [3.05, 3.63) is 59.7 Å². The number of aromatic hydroxyl groups is 1. The van der Waals surface area contributed by atoms with Crippen molar-refractivity contribution in [2.45, 2.75) is 39.0 Å². The molecule has 8 heteroatoms. The van der Waals surface area contributed by atoms with Crippen LogP contribution in [0.5, 0.6) is 5.75 Å². The number of carbonyl (C=O) groups is 1. The topological polar surface area (TPSA) is 118 Å². The molecule has 2 aromatic carbocycles. The number of hydrogen-bond acceptors (Lipinski definition) is 6. The summed E-state index contributed by atoms with van der Waals surface area (Å²) >= 11 is 0. The zero-order valence-corrected chi connectivity index (χ0v) is 18.7. The molecule has 0 aliphatic carbocycles. The standard InChI is InChI=1S/C25H28N6O2/c1-2-3-4-5-8-14-27-25(33)21-22-24(30-20-13-7-6-12-19(20)29-22)31(23(21)26)28-16-17-10-9-11-18(32)15-17/h6-7,9-13,15-16,32H,2-5,8,14,26H2,1H3,(H,27,33)/b28-16-. The lowest BCUT2D eigenvalue weighted by Gasteiger charge is -2.05. The molecule has 0 radical (unpaired) electrons. The van der Waals surface area contributed by atoms with Crippen LogP contribution in [-0.2, 0) is 0 Å². The summed E-state index contributed by atoms with van der Waals surface area (Å²) in [5.41, 5.74) is 9.51. The van der Waals surface area contributed by atoms with Gasteiger partial charge in [0.05, 0.1) is 17.2 Å². The third kappa shape index (κ3) is 4.95. The summed E-state index contributed by atoms with van der Waals surface area (Å²) in [5, 5.41) is 17.1. The van der Waals surface area contributed by atoms with E-state index in [-0.39, 0.29) is 23.0 Å². The minimum absolute atomic E-state index is 0.133. The highest BCUT2D eigenvalue weighted by Gasteiger charge is 2.23. The minimum atomic E-state index is -0.288. The highest BCUT2D eigenvalue weighted by molar-refractivity contribution is 6.10. The number of phenolic OH excluding ortho intramolecular Hbond substituents is 1. The van der Waals surface area contributed by atoms with Crippen molar-refractivity contribution in [1.82, 2.24) is 20.0 Å². The average molecular weight is 445 g/mol. The van der Waals surface area contributed by atoms with E-state index in [1.807, 2.05) is 24.3 Å². The van der Waals surface area contributed by atoms with Gasteiger partial charge in [-0.2, -0.15) is 9.78 Å². The molecule has 4 rings (SSSR count). The zero-order chi connectivity index (χ0) is 23.2. The molecule has 8 nitrogen and oxygen atoms in total. The molecule has 0 saturated heterocycles. The molecular formula is C25H28N6O2. The van der Waals surface area contributed by atoms with Crippen LogP contribution >= 0.6 is 0 Å². The molecule has 0 saturated carbocycles. The number of phenols is 1. The molecule has 0 fully saturated rings. The van der Waals surface area contributed by atoms with E-state index in [0.29, 0.717) is 34.3 Å². The molecule has 2 aromatic heterocycles. The number of benzene rings is 2. The van der Waals surface area contributed by atoms with E-state index in [9.17, 15) is 9.90 Å². The molecule has 33 heavy (non-hydrogen) atoms. The first kappa shape index (κ1) is 22.3. The van der Waals surface area contributed by atoms with E-state index in [2.05, 4.69) is 27.3 Å². The molecule has 4 aromatic rings. The lowest BCUT2D eigenvalue weighted by Crippen LogP contribution is -2.25. The lowest BCUT2D eigenvalue weighted by atomic mass is 10.1. The monoisotopic (exact) mass is 444 g/mol. The Balaban J connectivity index is 1.70. The summed E-state index contributed by atoms with van der Waals surface area (Å²) in [5.74, 6) is 0.0122. The molecule has 170 valence electrons. The van der Waals surface area contributed by atoms with Gasteiger partial charge in [-0.05, 0) is 36.2 Å². The summed E-state index contributed by atoms with van der Waals surface area (Å²) in [4.78, 5) is 22.4. The Morgan fingerprint density at radius 1 is 1.09 bits per heavy atom. The van der Waals surface area contributed by atoms with Crippen molar-refractivity contribution in [3.8, 4) is 5.75 Å². The molecule has 0 aliphatic heterocycles. The smallest absolute Gasteiger partial charge is 0.257 e. The number of amides is 1. The first-order chi connectivity index (χ1) is 16.1. The number of nitrogens with two attached hydrogens (primary N) is 1. The number of hydrogen-bond donors (Lipinski definition) is 3. The molecule has 0 atom stereocenters. The normalized spacial score (nSPS) is 11.5. The van der Waals surface area contributed by atoms with E-state index in [0.717, 1.165) is 19.3 Å². The molecule has 2 heterocycles. The van der Waals surface area contributed by atoms with Gasteiger partial charge in [0.25, 0.3) is 5.91 Å². The number of nitrogens with one attached hydrogen (secondary N) is 1. The Hall–Kier alpha value is -3.94. The Kier molecular flexibility index (Phi) is 6.83. The molecular weight excluding hydrogens is 416 g/mol. The molecule has 1 amide bonds. The number of para-hydroxylation sites is 2. The van der Waals surface area contributed by atoms with Crippen molar-refractivity contribution in [2.24, 2.45) is 5.10 Å². The van der Waals surface area contributed by atoms with Crippen molar-refractivity contribution < 1.29 is 9.90 Å². The van der Waals surface area contributed by atoms with Gasteiger partial charge >= 0.3 is 0 Å². The maximum atomic E-state index is 13.1. The Bertz CT molecular complexity index is 1310. The Morgan fingerprint density at radius 3 is 2.61 bits per heavy atom. The number of fused-ring (bicyclic) bond motifs is 2. The second-order valence-electron chi connectivity index (χ2n) is 7.97. The van der Waals surface area contributed by atoms with E-state index < -0.39 is 0 Å². The van der Waals surface area contributed by atoms with Crippen molar-refractivity contribution in [3.63, 3.8) is 0 Å². The van der Waals surface area contributed by atoms with E-state index in [4.69, 9.17) is 5.73 Å². The van der Waals surface area contributed by atoms with Gasteiger partial charge in [-0.15, -0.1) is 0 Å². The molecule has 0 aliphatic rings. The average Bonchev–Trinajstić information content (AvgIpc) is 3.08. The number of rotatable bonds is 9. The van der Waals surface area contributed by atoms with Gasteiger partial charge in [-0.3, -0.25) is 4.79 Å². The summed E-state index contributed by atoms with van der Waals surface area (Å²) < 4.78 is 1.43. The number of unbranched alkanes of at least 4 members (excludes halogenated alkanes) is 4. The number of carbonyl (C=O) groups excluding carboxylic acids is 1. The fourth-order valence-corrected chi connectivity index (χ4v) is 3.74. The first-order valence-corrected chi connectivity index (χ1v) is 11.3. The lowest BCUT2D eigenvalue weighted by molar-refractivity contribution is 0.0955. The Morgan fingerprint density at radius 2 is 1.85 bits per heavy atom. The minimum Gasteiger partial charge on any atom is -0.508 e. The SMILES string of the molecule is CCCCCCCNC(=O)c1c(N)n(/N=C\c2cccc(O)c2)c2nc3ccccc3nc12. The highest BCUT2D eigenvalue weighted by atomic mass is 16.3. The maximum absolute atomic E-state index is 13.1. The van der Waals surface area contributed by atoms with Gasteiger partial charge in [-0.1, -0.05) is 56.9 Å². The van der Waals surface area contributed by atoms with Gasteiger partial charge in [0.2, 0.25) is 0 Å². The number of aromatic nitrogens is 3. The third-order valence-corrected chi connectivity index (χ3v) is 5.46. The van der Waals surface area contributed by atoms with Crippen molar-refractivity contribution >= 4 is 40.1 Å².